The molecule has 0 radical (unpaired) electrons. The summed E-state index contributed by atoms with van der Waals surface area (Å²) >= 11 is 0. The quantitative estimate of drug-likeness (QED) is 0.867. The van der Waals surface area contributed by atoms with E-state index in [0.29, 0.717) is 5.56 Å². The molecule has 0 spiro atoms. The molecule has 1 aromatic rings. The van der Waals surface area contributed by atoms with E-state index < -0.39 is 10.0 Å². The Bertz CT molecular complexity index is 658. The van der Waals surface area contributed by atoms with Crippen molar-refractivity contribution in [2.45, 2.75) is 50.0 Å². The van der Waals surface area contributed by atoms with Gasteiger partial charge in [-0.15, -0.1) is 0 Å². The van der Waals surface area contributed by atoms with E-state index >= 15 is 0 Å². The fourth-order valence-corrected chi connectivity index (χ4v) is 4.69. The van der Waals surface area contributed by atoms with Gasteiger partial charge in [-0.25, -0.2) is 13.1 Å². The summed E-state index contributed by atoms with van der Waals surface area (Å²) in [5, 5.41) is 9.24. The van der Waals surface area contributed by atoms with Crippen molar-refractivity contribution in [3.8, 4) is 6.07 Å². The van der Waals surface area contributed by atoms with E-state index in [1.54, 1.807) is 19.1 Å². The largest absolute Gasteiger partial charge is 0.329 e. The number of hydrogen-bond acceptors (Lipinski definition) is 4. The van der Waals surface area contributed by atoms with Crippen LogP contribution in [0.5, 0.6) is 0 Å². The Labute approximate surface area is 132 Å². The van der Waals surface area contributed by atoms with Crippen LogP contribution in [0.25, 0.3) is 0 Å². The van der Waals surface area contributed by atoms with E-state index in [1.165, 1.54) is 12.5 Å². The lowest BCUT2D eigenvalue weighted by atomic mass is 9.84. The number of nitrogens with zero attached hydrogens (tertiary/aromatic N) is 1. The highest BCUT2D eigenvalue weighted by Gasteiger charge is 2.28. The van der Waals surface area contributed by atoms with Crippen LogP contribution in [-0.4, -0.2) is 21.0 Å². The minimum absolute atomic E-state index is 0.0456. The Morgan fingerprint density at radius 2 is 2.05 bits per heavy atom. The zero-order chi connectivity index (χ0) is 16.2. The van der Waals surface area contributed by atoms with Gasteiger partial charge in [-0.2, -0.15) is 5.26 Å². The average Bonchev–Trinajstić information content (AvgIpc) is 2.53. The number of hydrogen-bond donors (Lipinski definition) is 2. The van der Waals surface area contributed by atoms with Crippen molar-refractivity contribution in [1.29, 1.82) is 5.26 Å². The first-order valence-electron chi connectivity index (χ1n) is 7.71. The average molecular weight is 321 g/mol. The van der Waals surface area contributed by atoms with Crippen LogP contribution in [0.15, 0.2) is 23.1 Å². The molecule has 0 aromatic heterocycles. The number of nitrogens with one attached hydrogen (secondary N) is 1. The molecular formula is C16H23N3O2S. The van der Waals surface area contributed by atoms with Gasteiger partial charge in [-0.3, -0.25) is 0 Å². The molecule has 1 aliphatic carbocycles. The number of aryl methyl sites for hydroxylation is 1. The normalized spacial score (nSPS) is 17.9. The highest BCUT2D eigenvalue weighted by molar-refractivity contribution is 7.89. The molecule has 0 bridgehead atoms. The highest BCUT2D eigenvalue weighted by Crippen LogP contribution is 2.27. The third-order valence-corrected chi connectivity index (χ3v) is 5.95. The maximum Gasteiger partial charge on any atom is 0.242 e. The Hall–Kier alpha value is -1.42. The van der Waals surface area contributed by atoms with Crippen molar-refractivity contribution in [2.75, 3.05) is 6.54 Å². The summed E-state index contributed by atoms with van der Waals surface area (Å²) in [5.41, 5.74) is 6.66. The fraction of sp³-hybridized carbons (Fsp3) is 0.562. The van der Waals surface area contributed by atoms with E-state index in [-0.39, 0.29) is 29.0 Å². The Morgan fingerprint density at radius 3 is 2.64 bits per heavy atom. The number of sulfonamides is 1. The Kier molecular flexibility index (Phi) is 5.57. The van der Waals surface area contributed by atoms with Gasteiger partial charge in [0.1, 0.15) is 11.0 Å². The first-order valence-corrected chi connectivity index (χ1v) is 9.20. The van der Waals surface area contributed by atoms with Gasteiger partial charge in [0.2, 0.25) is 10.0 Å². The van der Waals surface area contributed by atoms with Crippen LogP contribution >= 0.6 is 0 Å². The maximum atomic E-state index is 12.7. The molecule has 1 aliphatic rings. The SMILES string of the molecule is Cc1cccc(S(=O)(=O)NC(CN)C2CCCCC2)c1C#N. The summed E-state index contributed by atoms with van der Waals surface area (Å²) in [6, 6.07) is 6.59. The van der Waals surface area contributed by atoms with Crippen molar-refractivity contribution in [3.05, 3.63) is 29.3 Å². The van der Waals surface area contributed by atoms with Crippen LogP contribution < -0.4 is 10.5 Å². The number of nitrogens with two attached hydrogens (primary N) is 1. The third-order valence-electron chi connectivity index (χ3n) is 4.42. The molecule has 5 nitrogen and oxygen atoms in total. The fourth-order valence-electron chi connectivity index (χ4n) is 3.14. The molecule has 1 unspecified atom stereocenters. The molecule has 0 amide bonds. The molecule has 120 valence electrons. The minimum Gasteiger partial charge on any atom is -0.329 e. The Morgan fingerprint density at radius 1 is 1.36 bits per heavy atom. The predicted octanol–water partition coefficient (Wildman–Crippen LogP) is 2.05. The van der Waals surface area contributed by atoms with Crippen LogP contribution in [0.4, 0.5) is 0 Å². The zero-order valence-electron chi connectivity index (χ0n) is 12.9. The van der Waals surface area contributed by atoms with Crippen LogP contribution in [0, 0.1) is 24.2 Å². The molecule has 22 heavy (non-hydrogen) atoms. The van der Waals surface area contributed by atoms with E-state index in [0.717, 1.165) is 25.7 Å². The van der Waals surface area contributed by atoms with Gasteiger partial charge in [0.25, 0.3) is 0 Å². The first kappa shape index (κ1) is 16.9. The first-order chi connectivity index (χ1) is 10.5. The molecule has 2 rings (SSSR count). The summed E-state index contributed by atoms with van der Waals surface area (Å²) in [4.78, 5) is 0.0456. The van der Waals surface area contributed by atoms with Gasteiger partial charge >= 0.3 is 0 Å². The second-order valence-corrected chi connectivity index (χ2v) is 7.60. The van der Waals surface area contributed by atoms with Crippen LogP contribution in [0.2, 0.25) is 0 Å². The van der Waals surface area contributed by atoms with Crippen LogP contribution in [0.1, 0.15) is 43.2 Å². The lowest BCUT2D eigenvalue weighted by molar-refractivity contribution is 0.294. The maximum absolute atomic E-state index is 12.7. The van der Waals surface area contributed by atoms with Gasteiger partial charge in [-0.05, 0) is 37.3 Å². The van der Waals surface area contributed by atoms with E-state index in [4.69, 9.17) is 5.73 Å². The lowest BCUT2D eigenvalue weighted by Crippen LogP contribution is -2.46. The molecule has 1 fully saturated rings. The second-order valence-electron chi connectivity index (χ2n) is 5.92. The summed E-state index contributed by atoms with van der Waals surface area (Å²) in [7, 11) is -3.74. The molecule has 1 aromatic carbocycles. The predicted molar refractivity (Wildman–Crippen MR) is 85.6 cm³/mol. The number of nitriles is 1. The summed E-state index contributed by atoms with van der Waals surface area (Å²) in [6.07, 6.45) is 5.46. The van der Waals surface area contributed by atoms with Gasteiger partial charge in [0.15, 0.2) is 0 Å². The smallest absolute Gasteiger partial charge is 0.242 e. The topological polar surface area (TPSA) is 96.0 Å². The molecule has 0 aliphatic heterocycles. The number of rotatable bonds is 5. The summed E-state index contributed by atoms with van der Waals surface area (Å²) in [5.74, 6) is 0.281. The zero-order valence-corrected chi connectivity index (χ0v) is 13.7. The van der Waals surface area contributed by atoms with Gasteiger partial charge < -0.3 is 5.73 Å². The van der Waals surface area contributed by atoms with Crippen LogP contribution in [-0.2, 0) is 10.0 Å². The van der Waals surface area contributed by atoms with Crippen molar-refractivity contribution >= 4 is 10.0 Å². The molecule has 3 N–H and O–H groups in total. The molecular weight excluding hydrogens is 298 g/mol. The summed E-state index contributed by atoms with van der Waals surface area (Å²) in [6.45, 7) is 2.01. The standard InChI is InChI=1S/C16H23N3O2S/c1-12-6-5-9-16(14(12)10-17)22(20,21)19-15(11-18)13-7-3-2-4-8-13/h5-6,9,13,15,19H,2-4,7-8,11,18H2,1H3. The second kappa shape index (κ2) is 7.23. The van der Waals surface area contributed by atoms with E-state index in [2.05, 4.69) is 4.72 Å². The van der Waals surface area contributed by atoms with Gasteiger partial charge in [-0.1, -0.05) is 31.4 Å². The third kappa shape index (κ3) is 3.67. The minimum atomic E-state index is -3.74. The van der Waals surface area contributed by atoms with E-state index in [9.17, 15) is 13.7 Å². The van der Waals surface area contributed by atoms with E-state index in [1.807, 2.05) is 6.07 Å². The highest BCUT2D eigenvalue weighted by atomic mass is 32.2. The van der Waals surface area contributed by atoms with Crippen molar-refractivity contribution in [1.82, 2.24) is 4.72 Å². The molecule has 1 saturated carbocycles. The number of benzene rings is 1. The molecule has 6 heteroatoms. The summed E-state index contributed by atoms with van der Waals surface area (Å²) < 4.78 is 28.0. The van der Waals surface area contributed by atoms with Crippen LogP contribution in [0.3, 0.4) is 0 Å². The Balaban J connectivity index is 2.27. The van der Waals surface area contributed by atoms with Crippen molar-refractivity contribution in [2.24, 2.45) is 11.7 Å². The molecule has 0 heterocycles. The monoisotopic (exact) mass is 321 g/mol. The molecule has 1 atom stereocenters. The van der Waals surface area contributed by atoms with Gasteiger partial charge in [0.05, 0.1) is 5.56 Å². The lowest BCUT2D eigenvalue weighted by Gasteiger charge is -2.30. The van der Waals surface area contributed by atoms with Gasteiger partial charge in [0, 0.05) is 12.6 Å². The molecule has 0 saturated heterocycles. The van der Waals surface area contributed by atoms with Crippen molar-refractivity contribution < 1.29 is 8.42 Å². The van der Waals surface area contributed by atoms with Crippen molar-refractivity contribution in [3.63, 3.8) is 0 Å².